The SMILES string of the molecule is CCC[C@H](Cl)C(=O)O.Cc1ccc(C)c(C(C)(C)CC(=O)O)c1. The first-order chi connectivity index (χ1) is 10.5. The number of benzene rings is 1. The van der Waals surface area contributed by atoms with E-state index in [9.17, 15) is 9.59 Å². The molecule has 4 nitrogen and oxygen atoms in total. The summed E-state index contributed by atoms with van der Waals surface area (Å²) in [4.78, 5) is 20.7. The summed E-state index contributed by atoms with van der Waals surface area (Å²) in [5, 5.41) is 16.4. The van der Waals surface area contributed by atoms with Crippen molar-refractivity contribution in [3.63, 3.8) is 0 Å². The number of hydrogen-bond acceptors (Lipinski definition) is 2. The van der Waals surface area contributed by atoms with Crippen LogP contribution >= 0.6 is 11.6 Å². The Morgan fingerprint density at radius 2 is 1.78 bits per heavy atom. The van der Waals surface area contributed by atoms with Gasteiger partial charge in [-0.05, 0) is 31.4 Å². The van der Waals surface area contributed by atoms with Gasteiger partial charge in [0.2, 0.25) is 0 Å². The van der Waals surface area contributed by atoms with Crippen LogP contribution in [0, 0.1) is 13.8 Å². The van der Waals surface area contributed by atoms with Crippen molar-refractivity contribution >= 4 is 23.5 Å². The molecule has 0 amide bonds. The number of hydrogen-bond donors (Lipinski definition) is 2. The summed E-state index contributed by atoms with van der Waals surface area (Å²) in [7, 11) is 0. The van der Waals surface area contributed by atoms with Gasteiger partial charge in [-0.2, -0.15) is 0 Å². The van der Waals surface area contributed by atoms with E-state index in [0.717, 1.165) is 17.5 Å². The number of carboxylic acids is 2. The maximum atomic E-state index is 10.8. The van der Waals surface area contributed by atoms with E-state index in [-0.39, 0.29) is 11.8 Å². The average Bonchev–Trinajstić information content (AvgIpc) is 2.41. The van der Waals surface area contributed by atoms with E-state index in [1.807, 2.05) is 40.7 Å². The van der Waals surface area contributed by atoms with Crippen molar-refractivity contribution in [3.05, 3.63) is 34.9 Å². The summed E-state index contributed by atoms with van der Waals surface area (Å²) in [6, 6.07) is 6.18. The van der Waals surface area contributed by atoms with Gasteiger partial charge >= 0.3 is 11.9 Å². The summed E-state index contributed by atoms with van der Waals surface area (Å²) in [5.74, 6) is -1.67. The predicted molar refractivity (Wildman–Crippen MR) is 93.4 cm³/mol. The largest absolute Gasteiger partial charge is 0.481 e. The summed E-state index contributed by atoms with van der Waals surface area (Å²) in [6.45, 7) is 9.91. The highest BCUT2D eigenvalue weighted by atomic mass is 35.5. The number of halogens is 1. The van der Waals surface area contributed by atoms with Crippen LogP contribution in [0.1, 0.15) is 56.7 Å². The Morgan fingerprint density at radius 3 is 2.17 bits per heavy atom. The fourth-order valence-corrected chi connectivity index (χ4v) is 2.53. The standard InChI is InChI=1S/C13H18O2.C5H9ClO2/c1-9-5-6-10(2)11(7-9)13(3,4)8-12(14)15;1-2-3-4(6)5(7)8/h5-7H,8H2,1-4H3,(H,14,15);4H,2-3H2,1H3,(H,7,8)/t;4-/m.0/s1. The lowest BCUT2D eigenvalue weighted by molar-refractivity contribution is -0.138. The van der Waals surface area contributed by atoms with Gasteiger partial charge in [-0.25, -0.2) is 0 Å². The van der Waals surface area contributed by atoms with Gasteiger partial charge in [0, 0.05) is 5.41 Å². The average molecular weight is 343 g/mol. The molecule has 130 valence electrons. The van der Waals surface area contributed by atoms with Crippen LogP contribution in [0.15, 0.2) is 18.2 Å². The Bertz CT molecular complexity index is 538. The van der Waals surface area contributed by atoms with Crippen LogP contribution in [0.5, 0.6) is 0 Å². The molecule has 1 atom stereocenters. The van der Waals surface area contributed by atoms with E-state index >= 15 is 0 Å². The molecule has 0 saturated heterocycles. The molecule has 0 fully saturated rings. The number of carbonyl (C=O) groups is 2. The molecule has 0 unspecified atom stereocenters. The molecule has 0 aliphatic carbocycles. The molecule has 0 aliphatic rings. The predicted octanol–water partition coefficient (Wildman–Crippen LogP) is 4.53. The normalized spacial score (nSPS) is 12.1. The maximum Gasteiger partial charge on any atom is 0.321 e. The highest BCUT2D eigenvalue weighted by Crippen LogP contribution is 2.30. The third-order valence-electron chi connectivity index (χ3n) is 3.53. The van der Waals surface area contributed by atoms with Crippen LogP contribution in [0.4, 0.5) is 0 Å². The third-order valence-corrected chi connectivity index (χ3v) is 3.93. The molecule has 0 heterocycles. The Kier molecular flexibility index (Phi) is 8.91. The number of alkyl halides is 1. The maximum absolute atomic E-state index is 10.8. The lowest BCUT2D eigenvalue weighted by atomic mass is 9.79. The van der Waals surface area contributed by atoms with Crippen LogP contribution < -0.4 is 0 Å². The third kappa shape index (κ3) is 8.03. The Balaban J connectivity index is 0.000000515. The second-order valence-electron chi connectivity index (χ2n) is 6.37. The van der Waals surface area contributed by atoms with Crippen LogP contribution in [-0.4, -0.2) is 27.5 Å². The van der Waals surface area contributed by atoms with Crippen molar-refractivity contribution < 1.29 is 19.8 Å². The quantitative estimate of drug-likeness (QED) is 0.744. The molecule has 1 aromatic rings. The molecule has 0 radical (unpaired) electrons. The lowest BCUT2D eigenvalue weighted by Gasteiger charge is -2.25. The highest BCUT2D eigenvalue weighted by Gasteiger charge is 2.25. The number of aryl methyl sites for hydroxylation is 2. The van der Waals surface area contributed by atoms with Crippen molar-refractivity contribution in [1.29, 1.82) is 0 Å². The van der Waals surface area contributed by atoms with E-state index in [2.05, 4.69) is 12.1 Å². The minimum atomic E-state index is -0.923. The van der Waals surface area contributed by atoms with Gasteiger partial charge in [-0.15, -0.1) is 11.6 Å². The van der Waals surface area contributed by atoms with Gasteiger partial charge in [0.15, 0.2) is 0 Å². The van der Waals surface area contributed by atoms with Crippen molar-refractivity contribution in [3.8, 4) is 0 Å². The Morgan fingerprint density at radius 1 is 1.22 bits per heavy atom. The fraction of sp³-hybridized carbons (Fsp3) is 0.556. The van der Waals surface area contributed by atoms with Crippen molar-refractivity contribution in [1.82, 2.24) is 0 Å². The first kappa shape index (κ1) is 21.4. The second-order valence-corrected chi connectivity index (χ2v) is 6.89. The molecular formula is C18H27ClO4. The molecule has 0 aromatic heterocycles. The zero-order chi connectivity index (χ0) is 18.2. The van der Waals surface area contributed by atoms with E-state index in [4.69, 9.17) is 21.8 Å². The van der Waals surface area contributed by atoms with Crippen LogP contribution in [0.2, 0.25) is 0 Å². The monoisotopic (exact) mass is 342 g/mol. The van der Waals surface area contributed by atoms with Gasteiger partial charge in [0.1, 0.15) is 5.38 Å². The van der Waals surface area contributed by atoms with Gasteiger partial charge in [0.25, 0.3) is 0 Å². The molecule has 1 rings (SSSR count). The Labute approximate surface area is 143 Å². The molecule has 0 saturated carbocycles. The minimum absolute atomic E-state index is 0.164. The van der Waals surface area contributed by atoms with E-state index in [1.165, 1.54) is 5.56 Å². The first-order valence-electron chi connectivity index (χ1n) is 7.67. The van der Waals surface area contributed by atoms with E-state index in [1.54, 1.807) is 0 Å². The van der Waals surface area contributed by atoms with Crippen molar-refractivity contribution in [2.24, 2.45) is 0 Å². The van der Waals surface area contributed by atoms with Gasteiger partial charge in [-0.1, -0.05) is 51.0 Å². The molecule has 2 N–H and O–H groups in total. The first-order valence-corrected chi connectivity index (χ1v) is 8.11. The zero-order valence-electron chi connectivity index (χ0n) is 14.5. The number of aliphatic carboxylic acids is 2. The van der Waals surface area contributed by atoms with Crippen molar-refractivity contribution in [2.45, 2.75) is 64.7 Å². The molecule has 5 heteroatoms. The topological polar surface area (TPSA) is 74.6 Å². The summed E-state index contributed by atoms with van der Waals surface area (Å²) < 4.78 is 0. The molecule has 0 spiro atoms. The van der Waals surface area contributed by atoms with Crippen molar-refractivity contribution in [2.75, 3.05) is 0 Å². The molecule has 0 aliphatic heterocycles. The fourth-order valence-electron chi connectivity index (χ4n) is 2.32. The zero-order valence-corrected chi connectivity index (χ0v) is 15.3. The Hall–Kier alpha value is -1.55. The minimum Gasteiger partial charge on any atom is -0.481 e. The van der Waals surface area contributed by atoms with Gasteiger partial charge in [-0.3, -0.25) is 9.59 Å². The highest BCUT2D eigenvalue weighted by molar-refractivity contribution is 6.29. The summed E-state index contributed by atoms with van der Waals surface area (Å²) in [5.41, 5.74) is 3.16. The molecule has 1 aromatic carbocycles. The molecule has 23 heavy (non-hydrogen) atoms. The van der Waals surface area contributed by atoms with Crippen LogP contribution in [0.3, 0.4) is 0 Å². The summed E-state index contributed by atoms with van der Waals surface area (Å²) >= 11 is 5.32. The smallest absolute Gasteiger partial charge is 0.321 e. The van der Waals surface area contributed by atoms with E-state index < -0.39 is 17.3 Å². The number of carboxylic acid groups (broad SMARTS) is 2. The molecular weight excluding hydrogens is 316 g/mol. The second kappa shape index (κ2) is 9.56. The summed E-state index contributed by atoms with van der Waals surface area (Å²) in [6.07, 6.45) is 1.54. The van der Waals surface area contributed by atoms with Crippen LogP contribution in [-0.2, 0) is 15.0 Å². The van der Waals surface area contributed by atoms with Gasteiger partial charge in [0.05, 0.1) is 6.42 Å². The number of rotatable bonds is 6. The van der Waals surface area contributed by atoms with E-state index in [0.29, 0.717) is 6.42 Å². The lowest BCUT2D eigenvalue weighted by Crippen LogP contribution is -2.22. The molecule has 0 bridgehead atoms. The van der Waals surface area contributed by atoms with Gasteiger partial charge < -0.3 is 10.2 Å². The van der Waals surface area contributed by atoms with Crippen LogP contribution in [0.25, 0.3) is 0 Å².